The Bertz CT molecular complexity index is 1060. The number of anilines is 1. The van der Waals surface area contributed by atoms with Crippen molar-refractivity contribution >= 4 is 41.0 Å². The number of amidine groups is 1. The monoisotopic (exact) mass is 513 g/mol. The van der Waals surface area contributed by atoms with Crippen molar-refractivity contribution in [2.45, 2.75) is 53.2 Å². The Kier molecular flexibility index (Phi) is 9.31. The van der Waals surface area contributed by atoms with Gasteiger partial charge in [-0.25, -0.2) is 14.6 Å². The van der Waals surface area contributed by atoms with Crippen LogP contribution in [0.4, 0.5) is 15.3 Å². The molecule has 1 aliphatic heterocycles. The standard InChI is InChI=1S/C27H36ClN5O3/c1-6-24(30-23-12-9-21(28)17-19(23)2)31-25(34)29-18-20-7-10-22(11-8-20)32-13-15-33(16-14-32)26(35)36-27(3,4)5/h7-12,17,19H,6,13-16,18H2,1-5H3,(H,29,34). The molecule has 0 aromatic heterocycles. The van der Waals surface area contributed by atoms with Gasteiger partial charge in [-0.1, -0.05) is 43.7 Å². The first-order valence-electron chi connectivity index (χ1n) is 12.3. The minimum Gasteiger partial charge on any atom is -0.444 e. The van der Waals surface area contributed by atoms with Crippen LogP contribution in [0.2, 0.25) is 0 Å². The van der Waals surface area contributed by atoms with Gasteiger partial charge in [-0.2, -0.15) is 4.99 Å². The number of hydrogen-bond donors (Lipinski definition) is 1. The molecule has 8 nitrogen and oxygen atoms in total. The molecule has 1 aromatic rings. The van der Waals surface area contributed by atoms with Crippen molar-refractivity contribution in [3.8, 4) is 0 Å². The average molecular weight is 514 g/mol. The summed E-state index contributed by atoms with van der Waals surface area (Å²) in [6.07, 6.45) is 5.84. The van der Waals surface area contributed by atoms with Crippen LogP contribution >= 0.6 is 11.6 Å². The van der Waals surface area contributed by atoms with E-state index in [4.69, 9.17) is 16.3 Å². The maximum Gasteiger partial charge on any atom is 0.410 e. The minimum absolute atomic E-state index is 0.0705. The molecule has 1 N–H and O–H groups in total. The second-order valence-corrected chi connectivity index (χ2v) is 10.3. The number of allylic oxidation sites excluding steroid dienone is 4. The summed E-state index contributed by atoms with van der Waals surface area (Å²) in [5.41, 5.74) is 2.40. The number of urea groups is 1. The molecule has 1 saturated heterocycles. The number of halogens is 1. The van der Waals surface area contributed by atoms with Crippen LogP contribution < -0.4 is 10.2 Å². The molecule has 0 spiro atoms. The number of piperazine rings is 1. The molecule has 1 atom stereocenters. The summed E-state index contributed by atoms with van der Waals surface area (Å²) in [6.45, 7) is 12.6. The van der Waals surface area contributed by atoms with Crippen molar-refractivity contribution in [1.29, 1.82) is 0 Å². The topological polar surface area (TPSA) is 86.6 Å². The molecule has 36 heavy (non-hydrogen) atoms. The molecule has 3 amide bonds. The Hall–Kier alpha value is -3.13. The Morgan fingerprint density at radius 1 is 1.11 bits per heavy atom. The van der Waals surface area contributed by atoms with Gasteiger partial charge in [-0.15, -0.1) is 0 Å². The van der Waals surface area contributed by atoms with Crippen LogP contribution in [-0.4, -0.2) is 60.4 Å². The number of carbonyl (C=O) groups excluding carboxylic acids is 2. The fraction of sp³-hybridized carbons (Fsp3) is 0.481. The molecule has 1 aliphatic carbocycles. The molecule has 0 radical (unpaired) electrons. The number of ether oxygens (including phenoxy) is 1. The molecule has 194 valence electrons. The third-order valence-corrected chi connectivity index (χ3v) is 6.02. The van der Waals surface area contributed by atoms with E-state index in [0.29, 0.717) is 36.9 Å². The van der Waals surface area contributed by atoms with Gasteiger partial charge in [0.15, 0.2) is 0 Å². The fourth-order valence-corrected chi connectivity index (χ4v) is 4.05. The predicted molar refractivity (Wildman–Crippen MR) is 146 cm³/mol. The first-order valence-corrected chi connectivity index (χ1v) is 12.7. The highest BCUT2D eigenvalue weighted by Crippen LogP contribution is 2.19. The first kappa shape index (κ1) is 27.5. The van der Waals surface area contributed by atoms with Gasteiger partial charge >= 0.3 is 12.1 Å². The zero-order valence-corrected chi connectivity index (χ0v) is 22.5. The van der Waals surface area contributed by atoms with Crippen molar-refractivity contribution in [1.82, 2.24) is 10.2 Å². The Labute approximate surface area is 218 Å². The van der Waals surface area contributed by atoms with Gasteiger partial charge in [-0.3, -0.25) is 0 Å². The van der Waals surface area contributed by atoms with Crippen molar-refractivity contribution in [2.24, 2.45) is 15.9 Å². The van der Waals surface area contributed by atoms with E-state index in [2.05, 4.69) is 20.2 Å². The van der Waals surface area contributed by atoms with Gasteiger partial charge in [0, 0.05) is 61.5 Å². The molecule has 3 rings (SSSR count). The fourth-order valence-electron chi connectivity index (χ4n) is 3.80. The average Bonchev–Trinajstić information content (AvgIpc) is 2.83. The second kappa shape index (κ2) is 12.2. The number of carbonyl (C=O) groups is 2. The lowest BCUT2D eigenvalue weighted by molar-refractivity contribution is 0.0240. The number of aliphatic imine (C=N–C) groups is 2. The Morgan fingerprint density at radius 3 is 2.36 bits per heavy atom. The molecule has 1 unspecified atom stereocenters. The zero-order valence-electron chi connectivity index (χ0n) is 21.8. The van der Waals surface area contributed by atoms with Crippen molar-refractivity contribution in [2.75, 3.05) is 31.1 Å². The third kappa shape index (κ3) is 8.22. The number of benzene rings is 1. The number of rotatable bonds is 4. The lowest BCUT2D eigenvalue weighted by atomic mass is 10.0. The third-order valence-electron chi connectivity index (χ3n) is 5.77. The summed E-state index contributed by atoms with van der Waals surface area (Å²) >= 11 is 6.02. The molecule has 9 heteroatoms. The van der Waals surface area contributed by atoms with Crippen LogP contribution in [-0.2, 0) is 11.3 Å². The van der Waals surface area contributed by atoms with Crippen molar-refractivity contribution < 1.29 is 14.3 Å². The summed E-state index contributed by atoms with van der Waals surface area (Å²) in [7, 11) is 0. The lowest BCUT2D eigenvalue weighted by Gasteiger charge is -2.36. The molecular formula is C27H36ClN5O3. The highest BCUT2D eigenvalue weighted by molar-refractivity contribution is 6.32. The number of nitrogens with zero attached hydrogens (tertiary/aromatic N) is 4. The van der Waals surface area contributed by atoms with E-state index in [1.807, 2.05) is 71.0 Å². The molecular weight excluding hydrogens is 478 g/mol. The highest BCUT2D eigenvalue weighted by Gasteiger charge is 2.26. The molecule has 0 saturated carbocycles. The number of amides is 3. The molecule has 1 aromatic carbocycles. The molecule has 1 fully saturated rings. The van der Waals surface area contributed by atoms with E-state index in [-0.39, 0.29) is 12.0 Å². The van der Waals surface area contributed by atoms with E-state index >= 15 is 0 Å². The Morgan fingerprint density at radius 2 is 1.78 bits per heavy atom. The van der Waals surface area contributed by atoms with Gasteiger partial charge in [0.2, 0.25) is 0 Å². The normalized spacial score (nSPS) is 19.8. The molecule has 1 heterocycles. The lowest BCUT2D eigenvalue weighted by Crippen LogP contribution is -2.50. The van der Waals surface area contributed by atoms with E-state index in [9.17, 15) is 9.59 Å². The molecule has 2 aliphatic rings. The summed E-state index contributed by atoms with van der Waals surface area (Å²) in [5.74, 6) is 0.549. The van der Waals surface area contributed by atoms with Gasteiger partial charge in [0.05, 0.1) is 0 Å². The quantitative estimate of drug-likeness (QED) is 0.423. The zero-order chi connectivity index (χ0) is 26.3. The number of nitrogens with one attached hydrogen (secondary N) is 1. The predicted octanol–water partition coefficient (Wildman–Crippen LogP) is 5.53. The maximum atomic E-state index is 12.4. The van der Waals surface area contributed by atoms with E-state index < -0.39 is 11.6 Å². The number of hydrogen-bond acceptors (Lipinski definition) is 4. The van der Waals surface area contributed by atoms with Gasteiger partial charge in [0.25, 0.3) is 0 Å². The van der Waals surface area contributed by atoms with E-state index in [1.54, 1.807) is 11.0 Å². The smallest absolute Gasteiger partial charge is 0.410 e. The van der Waals surface area contributed by atoms with Crippen molar-refractivity contribution in [3.05, 3.63) is 53.1 Å². The SMILES string of the molecule is CCC(=NC(=O)NCc1ccc(N2CCN(C(=O)OC(C)(C)C)CC2)cc1)N=C1C=CC(Cl)=CC1C. The van der Waals surface area contributed by atoms with Gasteiger partial charge in [-0.05, 0) is 50.6 Å². The van der Waals surface area contributed by atoms with Crippen LogP contribution in [0.5, 0.6) is 0 Å². The van der Waals surface area contributed by atoms with Gasteiger partial charge in [0.1, 0.15) is 11.4 Å². The largest absolute Gasteiger partial charge is 0.444 e. The molecule has 0 bridgehead atoms. The van der Waals surface area contributed by atoms with Gasteiger partial charge < -0.3 is 19.9 Å². The Balaban J connectivity index is 1.50. The summed E-state index contributed by atoms with van der Waals surface area (Å²) in [5, 5.41) is 3.52. The second-order valence-electron chi connectivity index (χ2n) is 9.87. The van der Waals surface area contributed by atoms with Crippen LogP contribution in [0.1, 0.15) is 46.6 Å². The minimum atomic E-state index is -0.492. The van der Waals surface area contributed by atoms with Crippen molar-refractivity contribution in [3.63, 3.8) is 0 Å². The summed E-state index contributed by atoms with van der Waals surface area (Å²) in [4.78, 5) is 37.3. The highest BCUT2D eigenvalue weighted by atomic mass is 35.5. The van der Waals surface area contributed by atoms with Crippen LogP contribution in [0, 0.1) is 5.92 Å². The first-order chi connectivity index (χ1) is 17.0. The van der Waals surface area contributed by atoms with Crippen LogP contribution in [0.3, 0.4) is 0 Å². The van der Waals surface area contributed by atoms with Crippen LogP contribution in [0.25, 0.3) is 0 Å². The van der Waals surface area contributed by atoms with E-state index in [0.717, 1.165) is 30.1 Å². The van der Waals surface area contributed by atoms with Crippen LogP contribution in [0.15, 0.2) is 57.5 Å². The van der Waals surface area contributed by atoms with E-state index in [1.165, 1.54) is 0 Å². The maximum absolute atomic E-state index is 12.4. The summed E-state index contributed by atoms with van der Waals surface area (Å²) in [6, 6.07) is 7.63. The summed E-state index contributed by atoms with van der Waals surface area (Å²) < 4.78 is 5.47.